The fraction of sp³-hybridized carbons (Fsp3) is 0.429. The molecule has 1 fully saturated rings. The van der Waals surface area contributed by atoms with Gasteiger partial charge in [-0.05, 0) is 30.5 Å². The van der Waals surface area contributed by atoms with Gasteiger partial charge in [0.1, 0.15) is 0 Å². The van der Waals surface area contributed by atoms with Crippen molar-refractivity contribution in [3.63, 3.8) is 0 Å². The molecule has 0 spiro atoms. The molecule has 1 heterocycles. The Kier molecular flexibility index (Phi) is 3.48. The molecule has 1 aromatic rings. The molecular weight excluding hydrogens is 228 g/mol. The van der Waals surface area contributed by atoms with E-state index in [9.17, 15) is 9.59 Å². The average molecular weight is 246 g/mol. The van der Waals surface area contributed by atoms with Crippen molar-refractivity contribution >= 4 is 11.8 Å². The van der Waals surface area contributed by atoms with E-state index in [4.69, 9.17) is 0 Å². The van der Waals surface area contributed by atoms with Gasteiger partial charge in [0, 0.05) is 13.6 Å². The first kappa shape index (κ1) is 12.8. The third-order valence-corrected chi connectivity index (χ3v) is 3.64. The van der Waals surface area contributed by atoms with Gasteiger partial charge in [0.05, 0.1) is 12.5 Å². The quantitative estimate of drug-likeness (QED) is 0.814. The second kappa shape index (κ2) is 4.90. The van der Waals surface area contributed by atoms with E-state index >= 15 is 0 Å². The van der Waals surface area contributed by atoms with Crippen LogP contribution in [0.4, 0.5) is 0 Å². The van der Waals surface area contributed by atoms with E-state index in [2.05, 4.69) is 25.2 Å². The molecule has 0 radical (unpaired) electrons. The number of nitrogens with zero attached hydrogens (tertiary/aromatic N) is 1. The molecule has 2 rings (SSSR count). The number of aryl methyl sites for hydroxylation is 1. The lowest BCUT2D eigenvalue weighted by Crippen LogP contribution is -2.36. The predicted molar refractivity (Wildman–Crippen MR) is 68.9 cm³/mol. The third-order valence-electron chi connectivity index (χ3n) is 3.64. The minimum atomic E-state index is -0.373. The van der Waals surface area contributed by atoms with E-state index in [0.29, 0.717) is 6.54 Å². The van der Waals surface area contributed by atoms with Crippen LogP contribution in [0.25, 0.3) is 0 Å². The molecule has 0 saturated carbocycles. The average Bonchev–Trinajstić information content (AvgIpc) is 2.59. The fourth-order valence-corrected chi connectivity index (χ4v) is 2.15. The summed E-state index contributed by atoms with van der Waals surface area (Å²) in [4.78, 5) is 24.3. The molecule has 1 saturated heterocycles. The highest BCUT2D eigenvalue weighted by atomic mass is 16.2. The molecule has 2 amide bonds. The first-order valence-corrected chi connectivity index (χ1v) is 6.09. The summed E-state index contributed by atoms with van der Waals surface area (Å²) in [5.74, 6) is -0.247. The Morgan fingerprint density at radius 2 is 2.06 bits per heavy atom. The standard InChI is InChI=1S/C14H18N2O2/c1-9-5-4-6-11(10(9)2)8-15-12-7-13(17)16(3)14(12)18/h4-6,12,15H,7-8H2,1-3H3. The van der Waals surface area contributed by atoms with Crippen LogP contribution < -0.4 is 5.32 Å². The molecule has 4 heteroatoms. The topological polar surface area (TPSA) is 49.4 Å². The number of benzene rings is 1. The molecule has 0 aromatic heterocycles. The third kappa shape index (κ3) is 2.29. The number of hydrogen-bond acceptors (Lipinski definition) is 3. The van der Waals surface area contributed by atoms with Crippen molar-refractivity contribution in [1.82, 2.24) is 10.2 Å². The Morgan fingerprint density at radius 1 is 1.33 bits per heavy atom. The number of hydrogen-bond donors (Lipinski definition) is 1. The summed E-state index contributed by atoms with van der Waals surface area (Å²) in [6.07, 6.45) is 0.264. The van der Waals surface area contributed by atoms with Gasteiger partial charge in [-0.3, -0.25) is 14.5 Å². The van der Waals surface area contributed by atoms with Crippen molar-refractivity contribution in [2.45, 2.75) is 32.9 Å². The van der Waals surface area contributed by atoms with Gasteiger partial charge in [0.2, 0.25) is 11.8 Å². The number of likely N-dealkylation sites (tertiary alicyclic amines) is 1. The summed E-state index contributed by atoms with van der Waals surface area (Å²) < 4.78 is 0. The molecule has 0 bridgehead atoms. The van der Waals surface area contributed by atoms with Gasteiger partial charge in [-0.2, -0.15) is 0 Å². The molecule has 1 atom stereocenters. The zero-order valence-corrected chi connectivity index (χ0v) is 11.0. The van der Waals surface area contributed by atoms with E-state index in [1.165, 1.54) is 28.6 Å². The van der Waals surface area contributed by atoms with Crippen LogP contribution in [-0.4, -0.2) is 29.8 Å². The lowest BCUT2D eigenvalue weighted by molar-refractivity contribution is -0.137. The van der Waals surface area contributed by atoms with E-state index in [-0.39, 0.29) is 24.3 Å². The van der Waals surface area contributed by atoms with Crippen LogP contribution in [-0.2, 0) is 16.1 Å². The van der Waals surface area contributed by atoms with Gasteiger partial charge in [0.25, 0.3) is 0 Å². The number of carbonyl (C=O) groups is 2. The first-order valence-electron chi connectivity index (χ1n) is 6.09. The van der Waals surface area contributed by atoms with Crippen LogP contribution in [0.3, 0.4) is 0 Å². The van der Waals surface area contributed by atoms with Crippen molar-refractivity contribution < 1.29 is 9.59 Å². The Labute approximate surface area is 107 Å². The zero-order chi connectivity index (χ0) is 13.3. The molecule has 1 N–H and O–H groups in total. The number of nitrogens with one attached hydrogen (secondary N) is 1. The second-order valence-corrected chi connectivity index (χ2v) is 4.79. The molecule has 96 valence electrons. The van der Waals surface area contributed by atoms with E-state index in [1.807, 2.05) is 12.1 Å². The number of imide groups is 1. The summed E-state index contributed by atoms with van der Waals surface area (Å²) in [5, 5.41) is 3.16. The van der Waals surface area contributed by atoms with Crippen molar-refractivity contribution in [3.05, 3.63) is 34.9 Å². The maximum Gasteiger partial charge on any atom is 0.246 e. The first-order chi connectivity index (χ1) is 8.50. The van der Waals surface area contributed by atoms with Crippen LogP contribution in [0, 0.1) is 13.8 Å². The number of rotatable bonds is 3. The molecule has 1 aliphatic heterocycles. The van der Waals surface area contributed by atoms with Crippen LogP contribution in [0.1, 0.15) is 23.1 Å². The van der Waals surface area contributed by atoms with Crippen molar-refractivity contribution in [2.24, 2.45) is 0 Å². The Morgan fingerprint density at radius 3 is 2.67 bits per heavy atom. The van der Waals surface area contributed by atoms with Gasteiger partial charge >= 0.3 is 0 Å². The highest BCUT2D eigenvalue weighted by Crippen LogP contribution is 2.15. The van der Waals surface area contributed by atoms with Gasteiger partial charge in [-0.15, -0.1) is 0 Å². The Balaban J connectivity index is 2.03. The summed E-state index contributed by atoms with van der Waals surface area (Å²) >= 11 is 0. The summed E-state index contributed by atoms with van der Waals surface area (Å²) in [6.45, 7) is 4.75. The summed E-state index contributed by atoms with van der Waals surface area (Å²) in [6, 6.07) is 5.74. The van der Waals surface area contributed by atoms with Gasteiger partial charge in [-0.25, -0.2) is 0 Å². The van der Waals surface area contributed by atoms with E-state index < -0.39 is 0 Å². The van der Waals surface area contributed by atoms with Crippen molar-refractivity contribution in [3.8, 4) is 0 Å². The molecule has 1 unspecified atom stereocenters. The molecule has 18 heavy (non-hydrogen) atoms. The largest absolute Gasteiger partial charge is 0.301 e. The van der Waals surface area contributed by atoms with Crippen LogP contribution >= 0.6 is 0 Å². The highest BCUT2D eigenvalue weighted by Gasteiger charge is 2.35. The molecule has 1 aromatic carbocycles. The lowest BCUT2D eigenvalue weighted by atomic mass is 10.0. The van der Waals surface area contributed by atoms with Crippen molar-refractivity contribution in [2.75, 3.05) is 7.05 Å². The number of carbonyl (C=O) groups excluding carboxylic acids is 2. The number of amides is 2. The normalized spacial score (nSPS) is 19.7. The van der Waals surface area contributed by atoms with Gasteiger partial charge in [-0.1, -0.05) is 18.2 Å². The molecule has 4 nitrogen and oxygen atoms in total. The molecular formula is C14H18N2O2. The Hall–Kier alpha value is -1.68. The fourth-order valence-electron chi connectivity index (χ4n) is 2.15. The molecule has 1 aliphatic rings. The summed E-state index contributed by atoms with van der Waals surface area (Å²) in [5.41, 5.74) is 3.64. The zero-order valence-electron chi connectivity index (χ0n) is 11.0. The van der Waals surface area contributed by atoms with Crippen LogP contribution in [0.2, 0.25) is 0 Å². The Bertz CT molecular complexity index is 497. The summed E-state index contributed by atoms with van der Waals surface area (Å²) in [7, 11) is 1.53. The SMILES string of the molecule is Cc1cccc(CNC2CC(=O)N(C)C2=O)c1C. The van der Waals surface area contributed by atoms with Crippen LogP contribution in [0.15, 0.2) is 18.2 Å². The monoisotopic (exact) mass is 246 g/mol. The lowest BCUT2D eigenvalue weighted by Gasteiger charge is -2.13. The van der Waals surface area contributed by atoms with E-state index in [0.717, 1.165) is 0 Å². The molecule has 0 aliphatic carbocycles. The van der Waals surface area contributed by atoms with E-state index in [1.54, 1.807) is 0 Å². The van der Waals surface area contributed by atoms with Crippen molar-refractivity contribution in [1.29, 1.82) is 0 Å². The maximum absolute atomic E-state index is 11.7. The van der Waals surface area contributed by atoms with Crippen LogP contribution in [0.5, 0.6) is 0 Å². The minimum absolute atomic E-state index is 0.113. The second-order valence-electron chi connectivity index (χ2n) is 4.79. The number of likely N-dealkylation sites (N-methyl/N-ethyl adjacent to an activating group) is 1. The van der Waals surface area contributed by atoms with Gasteiger partial charge < -0.3 is 5.32 Å². The predicted octanol–water partition coefficient (Wildman–Crippen LogP) is 1.15. The minimum Gasteiger partial charge on any atom is -0.301 e. The van der Waals surface area contributed by atoms with Gasteiger partial charge in [0.15, 0.2) is 0 Å². The maximum atomic E-state index is 11.7. The highest BCUT2D eigenvalue weighted by molar-refractivity contribution is 6.05. The smallest absolute Gasteiger partial charge is 0.246 e.